The maximum absolute atomic E-state index is 15.0. The molecule has 0 aliphatic rings. The second kappa shape index (κ2) is 10.2. The van der Waals surface area contributed by atoms with E-state index in [1.165, 1.54) is 6.07 Å². The van der Waals surface area contributed by atoms with Gasteiger partial charge in [-0.05, 0) is 29.3 Å². The zero-order valence-corrected chi connectivity index (χ0v) is 18.8. The zero-order chi connectivity index (χ0) is 24.1. The van der Waals surface area contributed by atoms with Gasteiger partial charge in [0.05, 0.1) is 26.3 Å². The molecule has 0 spiro atoms. The van der Waals surface area contributed by atoms with Gasteiger partial charge >= 0.3 is 0 Å². The van der Waals surface area contributed by atoms with Gasteiger partial charge in [-0.3, -0.25) is 9.78 Å². The fourth-order valence-corrected chi connectivity index (χ4v) is 3.62. The molecule has 0 unspecified atom stereocenters. The van der Waals surface area contributed by atoms with Gasteiger partial charge in [0.1, 0.15) is 5.75 Å². The summed E-state index contributed by atoms with van der Waals surface area (Å²) in [4.78, 5) is 15.3. The lowest BCUT2D eigenvalue weighted by molar-refractivity contribution is -0.117. The van der Waals surface area contributed by atoms with Crippen molar-refractivity contribution >= 4 is 16.8 Å². The zero-order valence-electron chi connectivity index (χ0n) is 18.8. The van der Waals surface area contributed by atoms with E-state index in [0.29, 0.717) is 40.3 Å². The van der Waals surface area contributed by atoms with Crippen molar-refractivity contribution in [1.82, 2.24) is 10.3 Å². The SMILES string of the molecule is COc1cc2nccc(Oc3c(F)cccc3-c3ccc(CNCC(N)=O)cc3)c2cc1OC. The van der Waals surface area contributed by atoms with Gasteiger partial charge in [-0.1, -0.05) is 36.4 Å². The van der Waals surface area contributed by atoms with E-state index in [2.05, 4.69) is 10.3 Å². The number of hydrogen-bond acceptors (Lipinski definition) is 6. The number of aromatic nitrogens is 1. The van der Waals surface area contributed by atoms with Gasteiger partial charge in [-0.2, -0.15) is 0 Å². The van der Waals surface area contributed by atoms with Crippen LogP contribution in [0, 0.1) is 5.82 Å². The summed E-state index contributed by atoms with van der Waals surface area (Å²) in [6, 6.07) is 17.5. The number of fused-ring (bicyclic) bond motifs is 1. The average molecular weight is 461 g/mol. The van der Waals surface area contributed by atoms with Crippen LogP contribution in [0.1, 0.15) is 5.56 Å². The molecule has 0 bridgehead atoms. The van der Waals surface area contributed by atoms with Crippen molar-refractivity contribution in [3.63, 3.8) is 0 Å². The van der Waals surface area contributed by atoms with Crippen molar-refractivity contribution < 1.29 is 23.4 Å². The predicted octanol–water partition coefficient (Wildman–Crippen LogP) is 4.43. The number of primary amides is 1. The molecule has 1 aromatic heterocycles. The molecule has 0 atom stereocenters. The van der Waals surface area contributed by atoms with Gasteiger partial charge in [0.25, 0.3) is 0 Å². The summed E-state index contributed by atoms with van der Waals surface area (Å²) in [5, 5.41) is 3.62. The quantitative estimate of drug-likeness (QED) is 0.383. The minimum absolute atomic E-state index is 0.0974. The van der Waals surface area contributed by atoms with Crippen LogP contribution < -0.4 is 25.3 Å². The molecule has 4 rings (SSSR count). The molecule has 0 saturated carbocycles. The second-order valence-corrected chi connectivity index (χ2v) is 7.52. The first-order chi connectivity index (χ1) is 16.5. The van der Waals surface area contributed by atoms with Crippen LogP contribution in [0.2, 0.25) is 0 Å². The Bertz CT molecular complexity index is 1330. The maximum Gasteiger partial charge on any atom is 0.231 e. The fourth-order valence-electron chi connectivity index (χ4n) is 3.62. The highest BCUT2D eigenvalue weighted by atomic mass is 19.1. The van der Waals surface area contributed by atoms with Crippen LogP contribution in [0.25, 0.3) is 22.0 Å². The summed E-state index contributed by atoms with van der Waals surface area (Å²) in [5.74, 6) is 0.681. The Kier molecular flexibility index (Phi) is 6.89. The van der Waals surface area contributed by atoms with Gasteiger partial charge in [-0.15, -0.1) is 0 Å². The van der Waals surface area contributed by atoms with Crippen molar-refractivity contribution in [3.05, 3.63) is 78.2 Å². The summed E-state index contributed by atoms with van der Waals surface area (Å²) in [6.45, 7) is 0.588. The minimum atomic E-state index is -0.491. The van der Waals surface area contributed by atoms with E-state index in [1.807, 2.05) is 24.3 Å². The predicted molar refractivity (Wildman–Crippen MR) is 128 cm³/mol. The number of nitrogens with two attached hydrogens (primary N) is 1. The smallest absolute Gasteiger partial charge is 0.231 e. The van der Waals surface area contributed by atoms with Crippen molar-refractivity contribution in [2.24, 2.45) is 5.73 Å². The summed E-state index contributed by atoms with van der Waals surface area (Å²) >= 11 is 0. The van der Waals surface area contributed by atoms with Crippen LogP contribution in [0.3, 0.4) is 0 Å². The average Bonchev–Trinajstić information content (AvgIpc) is 2.84. The van der Waals surface area contributed by atoms with Gasteiger partial charge in [0.2, 0.25) is 5.91 Å². The number of carbonyl (C=O) groups is 1. The highest BCUT2D eigenvalue weighted by Gasteiger charge is 2.16. The van der Waals surface area contributed by atoms with E-state index in [0.717, 1.165) is 11.1 Å². The second-order valence-electron chi connectivity index (χ2n) is 7.52. The molecule has 8 heteroatoms. The minimum Gasteiger partial charge on any atom is -0.493 e. The molecule has 0 aliphatic carbocycles. The van der Waals surface area contributed by atoms with Crippen LogP contribution in [0.15, 0.2) is 66.9 Å². The summed E-state index contributed by atoms with van der Waals surface area (Å²) in [5.41, 5.74) is 8.12. The van der Waals surface area contributed by atoms with E-state index in [4.69, 9.17) is 19.9 Å². The molecule has 0 aliphatic heterocycles. The van der Waals surface area contributed by atoms with Crippen LogP contribution in [-0.4, -0.2) is 31.7 Å². The van der Waals surface area contributed by atoms with Crippen molar-refractivity contribution in [3.8, 4) is 34.1 Å². The first-order valence-corrected chi connectivity index (χ1v) is 10.6. The number of rotatable bonds is 9. The third kappa shape index (κ3) is 4.92. The Hall–Kier alpha value is -4.17. The van der Waals surface area contributed by atoms with E-state index in [-0.39, 0.29) is 12.3 Å². The number of nitrogens with zero attached hydrogens (tertiary/aromatic N) is 1. The Balaban J connectivity index is 1.68. The van der Waals surface area contributed by atoms with Crippen LogP contribution in [0.5, 0.6) is 23.0 Å². The Labute approximate surface area is 196 Å². The molecular formula is C26H24FN3O4. The topological polar surface area (TPSA) is 95.7 Å². The number of benzene rings is 3. The number of pyridine rings is 1. The molecule has 7 nitrogen and oxygen atoms in total. The van der Waals surface area contributed by atoms with E-state index < -0.39 is 11.7 Å². The fraction of sp³-hybridized carbons (Fsp3) is 0.154. The summed E-state index contributed by atoms with van der Waals surface area (Å²) < 4.78 is 31.9. The van der Waals surface area contributed by atoms with Crippen LogP contribution in [-0.2, 0) is 11.3 Å². The number of halogens is 1. The first kappa shape index (κ1) is 23.0. The van der Waals surface area contributed by atoms with Crippen LogP contribution >= 0.6 is 0 Å². The molecule has 34 heavy (non-hydrogen) atoms. The van der Waals surface area contributed by atoms with E-state index >= 15 is 0 Å². The van der Waals surface area contributed by atoms with Gasteiger partial charge < -0.3 is 25.3 Å². The molecule has 3 aromatic carbocycles. The Morgan fingerprint density at radius 3 is 2.44 bits per heavy atom. The van der Waals surface area contributed by atoms with Crippen molar-refractivity contribution in [2.45, 2.75) is 6.54 Å². The highest BCUT2D eigenvalue weighted by Crippen LogP contribution is 2.40. The number of ether oxygens (including phenoxy) is 3. The monoisotopic (exact) mass is 461 g/mol. The van der Waals surface area contributed by atoms with Crippen molar-refractivity contribution in [2.75, 3.05) is 20.8 Å². The molecule has 1 amide bonds. The Morgan fingerprint density at radius 1 is 1.00 bits per heavy atom. The number of carbonyl (C=O) groups excluding carboxylic acids is 1. The molecule has 4 aromatic rings. The molecule has 0 saturated heterocycles. The maximum atomic E-state index is 15.0. The normalized spacial score (nSPS) is 10.8. The third-order valence-corrected chi connectivity index (χ3v) is 5.28. The number of amides is 1. The molecular weight excluding hydrogens is 437 g/mol. The molecule has 174 valence electrons. The number of hydrogen-bond donors (Lipinski definition) is 2. The summed E-state index contributed by atoms with van der Waals surface area (Å²) in [7, 11) is 3.09. The van der Waals surface area contributed by atoms with Crippen molar-refractivity contribution in [1.29, 1.82) is 0 Å². The molecule has 3 N–H and O–H groups in total. The lowest BCUT2D eigenvalue weighted by atomic mass is 10.0. The van der Waals surface area contributed by atoms with Gasteiger partial charge in [-0.25, -0.2) is 4.39 Å². The van der Waals surface area contributed by atoms with Gasteiger partial charge in [0, 0.05) is 29.8 Å². The molecule has 0 radical (unpaired) electrons. The van der Waals surface area contributed by atoms with Crippen LogP contribution in [0.4, 0.5) is 4.39 Å². The lowest BCUT2D eigenvalue weighted by Crippen LogP contribution is -2.28. The van der Waals surface area contributed by atoms with E-state index in [9.17, 15) is 9.18 Å². The first-order valence-electron chi connectivity index (χ1n) is 10.6. The summed E-state index contributed by atoms with van der Waals surface area (Å²) in [6.07, 6.45) is 1.60. The molecule has 0 fully saturated rings. The molecule has 1 heterocycles. The standard InChI is InChI=1S/C26H24FN3O4/c1-32-23-12-19-21(13-24(23)33-2)30-11-10-22(19)34-26-18(4-3-5-20(26)27)17-8-6-16(7-9-17)14-29-15-25(28)31/h3-13,29H,14-15H2,1-2H3,(H2,28,31). The number of para-hydroxylation sites is 1. The Morgan fingerprint density at radius 2 is 1.74 bits per heavy atom. The third-order valence-electron chi connectivity index (χ3n) is 5.28. The number of methoxy groups -OCH3 is 2. The number of nitrogens with one attached hydrogen (secondary N) is 1. The van der Waals surface area contributed by atoms with E-state index in [1.54, 1.807) is 50.7 Å². The van der Waals surface area contributed by atoms with Gasteiger partial charge in [0.15, 0.2) is 23.1 Å². The lowest BCUT2D eigenvalue weighted by Gasteiger charge is -2.15. The highest BCUT2D eigenvalue weighted by molar-refractivity contribution is 5.88. The largest absolute Gasteiger partial charge is 0.493 e.